The fourth-order valence-corrected chi connectivity index (χ4v) is 3.97. The number of esters is 2. The van der Waals surface area contributed by atoms with Gasteiger partial charge in [-0.25, -0.2) is 0 Å². The van der Waals surface area contributed by atoms with E-state index < -0.39 is 17.9 Å². The molecule has 0 spiro atoms. The van der Waals surface area contributed by atoms with Crippen molar-refractivity contribution >= 4 is 61.2 Å². The molecular weight excluding hydrogens is 517 g/mol. The van der Waals surface area contributed by atoms with E-state index >= 15 is 0 Å². The van der Waals surface area contributed by atoms with Crippen LogP contribution in [-0.4, -0.2) is 36.5 Å². The lowest BCUT2D eigenvalue weighted by molar-refractivity contribution is -0.159. The molecule has 0 fully saturated rings. The fourth-order valence-electron chi connectivity index (χ4n) is 2.79. The fraction of sp³-hybridized carbons (Fsp3) is 0.316. The molecule has 0 aliphatic carbocycles. The summed E-state index contributed by atoms with van der Waals surface area (Å²) >= 11 is 12.9. The van der Waals surface area contributed by atoms with Crippen molar-refractivity contribution in [2.45, 2.75) is 19.9 Å². The maximum atomic E-state index is 13.1. The minimum Gasteiger partial charge on any atom is -0.468 e. The van der Waals surface area contributed by atoms with Crippen molar-refractivity contribution in [3.63, 3.8) is 0 Å². The first-order valence-corrected chi connectivity index (χ1v) is 10.2. The Bertz CT molecular complexity index is 892. The SMILES string of the molecule is COC(=O)C(CCn1c(Br)c(Br)c(C)c1C(=O)c1ccc(Cl)cc1)C(=O)OC. The first-order valence-electron chi connectivity index (χ1n) is 8.22. The molecule has 1 heterocycles. The quantitative estimate of drug-likeness (QED) is 0.295. The summed E-state index contributed by atoms with van der Waals surface area (Å²) in [5.41, 5.74) is 1.65. The van der Waals surface area contributed by atoms with E-state index in [4.69, 9.17) is 21.1 Å². The molecule has 28 heavy (non-hydrogen) atoms. The normalized spacial score (nSPS) is 10.8. The minimum atomic E-state index is -1.08. The summed E-state index contributed by atoms with van der Waals surface area (Å²) in [7, 11) is 2.42. The number of aromatic nitrogens is 1. The molecule has 9 heteroatoms. The topological polar surface area (TPSA) is 74.6 Å². The first kappa shape index (κ1) is 22.6. The Balaban J connectivity index is 2.40. The van der Waals surface area contributed by atoms with Crippen LogP contribution in [0.1, 0.15) is 28.0 Å². The van der Waals surface area contributed by atoms with E-state index in [2.05, 4.69) is 31.9 Å². The first-order chi connectivity index (χ1) is 13.2. The van der Waals surface area contributed by atoms with Crippen molar-refractivity contribution in [1.82, 2.24) is 4.57 Å². The van der Waals surface area contributed by atoms with Gasteiger partial charge >= 0.3 is 11.9 Å². The number of carbonyl (C=O) groups excluding carboxylic acids is 3. The molecule has 2 rings (SSSR count). The number of ketones is 1. The lowest BCUT2D eigenvalue weighted by Gasteiger charge is -2.15. The molecule has 0 saturated heterocycles. The van der Waals surface area contributed by atoms with Gasteiger partial charge in [0.1, 0.15) is 0 Å². The van der Waals surface area contributed by atoms with Gasteiger partial charge in [-0.05, 0) is 75.0 Å². The molecule has 0 N–H and O–H groups in total. The number of hydrogen-bond acceptors (Lipinski definition) is 5. The van der Waals surface area contributed by atoms with Crippen LogP contribution >= 0.6 is 43.5 Å². The Morgan fingerprint density at radius 2 is 1.61 bits per heavy atom. The van der Waals surface area contributed by atoms with Crippen LogP contribution in [0.4, 0.5) is 0 Å². The van der Waals surface area contributed by atoms with Crippen LogP contribution in [0, 0.1) is 12.8 Å². The molecule has 0 amide bonds. The third-order valence-electron chi connectivity index (χ3n) is 4.31. The minimum absolute atomic E-state index is 0.111. The molecule has 0 atom stereocenters. The zero-order valence-electron chi connectivity index (χ0n) is 15.4. The number of ether oxygens (including phenoxy) is 2. The van der Waals surface area contributed by atoms with Crippen LogP contribution in [0.5, 0.6) is 0 Å². The van der Waals surface area contributed by atoms with Gasteiger partial charge in [0.15, 0.2) is 5.92 Å². The molecule has 0 saturated carbocycles. The smallest absolute Gasteiger partial charge is 0.320 e. The van der Waals surface area contributed by atoms with Gasteiger partial charge in [0, 0.05) is 17.1 Å². The number of benzene rings is 1. The highest BCUT2D eigenvalue weighted by Crippen LogP contribution is 2.34. The average molecular weight is 536 g/mol. The van der Waals surface area contributed by atoms with Crippen LogP contribution in [0.25, 0.3) is 0 Å². The molecule has 6 nitrogen and oxygen atoms in total. The number of hydrogen-bond donors (Lipinski definition) is 0. The van der Waals surface area contributed by atoms with Crippen LogP contribution in [-0.2, 0) is 25.6 Å². The van der Waals surface area contributed by atoms with Gasteiger partial charge in [0.05, 0.1) is 29.0 Å². The second-order valence-electron chi connectivity index (χ2n) is 5.95. The summed E-state index contributed by atoms with van der Waals surface area (Å²) in [5.74, 6) is -2.65. The van der Waals surface area contributed by atoms with E-state index in [1.807, 2.05) is 6.92 Å². The third kappa shape index (κ3) is 4.67. The van der Waals surface area contributed by atoms with Crippen LogP contribution in [0.15, 0.2) is 33.3 Å². The predicted molar refractivity (Wildman–Crippen MR) is 112 cm³/mol. The van der Waals surface area contributed by atoms with E-state index in [-0.39, 0.29) is 18.7 Å². The summed E-state index contributed by atoms with van der Waals surface area (Å²) in [6.07, 6.45) is 0.111. The Morgan fingerprint density at radius 1 is 1.07 bits per heavy atom. The number of nitrogens with zero attached hydrogens (tertiary/aromatic N) is 1. The highest BCUT2D eigenvalue weighted by atomic mass is 79.9. The van der Waals surface area contributed by atoms with Gasteiger partial charge < -0.3 is 14.0 Å². The predicted octanol–water partition coefficient (Wildman–Crippen LogP) is 4.56. The van der Waals surface area contributed by atoms with E-state index in [1.165, 1.54) is 14.2 Å². The molecule has 0 unspecified atom stereocenters. The zero-order valence-corrected chi connectivity index (χ0v) is 19.4. The molecule has 1 aromatic carbocycles. The standard InChI is InChI=1S/C19H18Br2ClNO5/c1-10-14(20)17(21)23(9-8-13(18(25)27-2)19(26)28-3)15(10)16(24)11-4-6-12(22)7-5-11/h4-7,13H,8-9H2,1-3H3. The third-order valence-corrected chi connectivity index (χ3v) is 6.89. The number of carbonyl (C=O) groups is 3. The Morgan fingerprint density at radius 3 is 2.11 bits per heavy atom. The van der Waals surface area contributed by atoms with E-state index in [1.54, 1.807) is 28.8 Å². The molecule has 0 aliphatic heterocycles. The molecule has 0 aliphatic rings. The van der Waals surface area contributed by atoms with Crippen molar-refractivity contribution in [3.05, 3.63) is 55.2 Å². The van der Waals surface area contributed by atoms with E-state index in [0.29, 0.717) is 20.9 Å². The number of rotatable bonds is 7. The summed E-state index contributed by atoms with van der Waals surface area (Å²) in [6.45, 7) is 2.03. The lowest BCUT2D eigenvalue weighted by Crippen LogP contribution is -2.28. The molecule has 1 aromatic heterocycles. The van der Waals surface area contributed by atoms with Crippen molar-refractivity contribution in [3.8, 4) is 0 Å². The van der Waals surface area contributed by atoms with Crippen molar-refractivity contribution in [2.75, 3.05) is 14.2 Å². The maximum absolute atomic E-state index is 13.1. The highest BCUT2D eigenvalue weighted by molar-refractivity contribution is 9.13. The monoisotopic (exact) mass is 533 g/mol. The van der Waals surface area contributed by atoms with Gasteiger partial charge in [0.2, 0.25) is 5.78 Å². The van der Waals surface area contributed by atoms with Gasteiger partial charge in [-0.15, -0.1) is 0 Å². The number of halogens is 3. The average Bonchev–Trinajstić information content (AvgIpc) is 2.91. The summed E-state index contributed by atoms with van der Waals surface area (Å²) < 4.78 is 12.5. The maximum Gasteiger partial charge on any atom is 0.320 e. The van der Waals surface area contributed by atoms with Gasteiger partial charge in [0.25, 0.3) is 0 Å². The summed E-state index contributed by atoms with van der Waals surface area (Å²) in [6, 6.07) is 6.59. The molecule has 0 radical (unpaired) electrons. The number of methoxy groups -OCH3 is 2. The highest BCUT2D eigenvalue weighted by Gasteiger charge is 2.30. The van der Waals surface area contributed by atoms with Crippen molar-refractivity contribution < 1.29 is 23.9 Å². The second kappa shape index (κ2) is 9.71. The summed E-state index contributed by atoms with van der Waals surface area (Å²) in [4.78, 5) is 37.0. The van der Waals surface area contributed by atoms with Crippen LogP contribution in [0.3, 0.4) is 0 Å². The van der Waals surface area contributed by atoms with E-state index in [9.17, 15) is 14.4 Å². The van der Waals surface area contributed by atoms with E-state index in [0.717, 1.165) is 10.0 Å². The van der Waals surface area contributed by atoms with Crippen molar-refractivity contribution in [2.24, 2.45) is 5.92 Å². The Hall–Kier alpha value is -1.64. The Labute approximate surface area is 184 Å². The zero-order chi connectivity index (χ0) is 21.0. The van der Waals surface area contributed by atoms with Gasteiger partial charge in [-0.1, -0.05) is 11.6 Å². The molecule has 2 aromatic rings. The molecular formula is C19H18Br2ClNO5. The molecule has 150 valence electrons. The van der Waals surface area contributed by atoms with Crippen molar-refractivity contribution in [1.29, 1.82) is 0 Å². The van der Waals surface area contributed by atoms with Crippen LogP contribution < -0.4 is 0 Å². The van der Waals surface area contributed by atoms with Gasteiger partial charge in [-0.2, -0.15) is 0 Å². The van der Waals surface area contributed by atoms with Gasteiger partial charge in [-0.3, -0.25) is 14.4 Å². The molecule has 0 bridgehead atoms. The largest absolute Gasteiger partial charge is 0.468 e. The lowest BCUT2D eigenvalue weighted by atomic mass is 10.0. The summed E-state index contributed by atoms with van der Waals surface area (Å²) in [5, 5.41) is 0.532. The Kier molecular flexibility index (Phi) is 7.86. The van der Waals surface area contributed by atoms with Crippen LogP contribution in [0.2, 0.25) is 5.02 Å². The second-order valence-corrected chi connectivity index (χ2v) is 7.93.